The molecule has 1 aromatic rings. The second-order valence-corrected chi connectivity index (χ2v) is 7.43. The van der Waals surface area contributed by atoms with Gasteiger partial charge in [0.15, 0.2) is 9.84 Å². The maximum absolute atomic E-state index is 11.8. The van der Waals surface area contributed by atoms with Crippen molar-refractivity contribution in [3.05, 3.63) is 34.9 Å². The van der Waals surface area contributed by atoms with E-state index >= 15 is 0 Å². The monoisotopic (exact) mass is 289 g/mol. The minimum atomic E-state index is -3.20. The van der Waals surface area contributed by atoms with E-state index in [4.69, 9.17) is 22.1 Å². The van der Waals surface area contributed by atoms with Crippen LogP contribution in [0.3, 0.4) is 0 Å². The lowest BCUT2D eigenvalue weighted by Gasteiger charge is -2.10. The average Bonchev–Trinajstić information content (AvgIpc) is 2.86. The molecule has 0 spiro atoms. The molecule has 18 heavy (non-hydrogen) atoms. The van der Waals surface area contributed by atoms with Crippen molar-refractivity contribution in [3.8, 4) is 0 Å². The van der Waals surface area contributed by atoms with Gasteiger partial charge < -0.3 is 10.5 Å². The van der Waals surface area contributed by atoms with E-state index < -0.39 is 20.6 Å². The molecule has 0 heterocycles. The lowest BCUT2D eigenvalue weighted by molar-refractivity contribution is 0.171. The summed E-state index contributed by atoms with van der Waals surface area (Å²) in [5, 5.41) is 0.0239. The average molecular weight is 290 g/mol. The summed E-state index contributed by atoms with van der Waals surface area (Å²) in [5.74, 6) is -0.232. The minimum absolute atomic E-state index is 0.220. The topological polar surface area (TPSA) is 69.4 Å². The largest absolute Gasteiger partial charge is 0.383 e. The van der Waals surface area contributed by atoms with Gasteiger partial charge in [-0.05, 0) is 17.7 Å². The van der Waals surface area contributed by atoms with Crippen molar-refractivity contribution < 1.29 is 13.2 Å². The highest BCUT2D eigenvalue weighted by molar-refractivity contribution is 7.91. The first-order valence-corrected chi connectivity index (χ1v) is 7.86. The molecule has 1 fully saturated rings. The van der Waals surface area contributed by atoms with Crippen LogP contribution in [0.4, 0.5) is 0 Å². The Morgan fingerprint density at radius 1 is 1.39 bits per heavy atom. The maximum atomic E-state index is 11.8. The third-order valence-corrected chi connectivity index (χ3v) is 5.27. The van der Waals surface area contributed by atoms with E-state index in [0.717, 1.165) is 5.56 Å². The Balaban J connectivity index is 2.35. The molecule has 6 heteroatoms. The second-order valence-electron chi connectivity index (χ2n) is 4.82. The number of ether oxygens (including phenoxy) is 1. The number of hydrogen-bond acceptors (Lipinski definition) is 4. The first-order valence-electron chi connectivity index (χ1n) is 5.53. The van der Waals surface area contributed by atoms with Gasteiger partial charge in [0.25, 0.3) is 0 Å². The number of sulfone groups is 1. The summed E-state index contributed by atoms with van der Waals surface area (Å²) in [4.78, 5) is 0. The van der Waals surface area contributed by atoms with Gasteiger partial charge in [-0.25, -0.2) is 8.42 Å². The molecular formula is C12H16ClNO3S. The zero-order chi connectivity index (χ0) is 13.6. The predicted octanol–water partition coefficient (Wildman–Crippen LogP) is 1.19. The van der Waals surface area contributed by atoms with Crippen LogP contribution in [-0.4, -0.2) is 39.2 Å². The van der Waals surface area contributed by atoms with Crippen molar-refractivity contribution in [3.63, 3.8) is 0 Å². The zero-order valence-electron chi connectivity index (χ0n) is 10.3. The molecule has 0 aliphatic heterocycles. The van der Waals surface area contributed by atoms with E-state index in [2.05, 4.69) is 0 Å². The Morgan fingerprint density at radius 3 is 2.39 bits per heavy atom. The number of nitrogens with two attached hydrogens (primary N) is 1. The summed E-state index contributed by atoms with van der Waals surface area (Å²) >= 11 is 5.82. The summed E-state index contributed by atoms with van der Waals surface area (Å²) in [7, 11) is -1.69. The van der Waals surface area contributed by atoms with Crippen molar-refractivity contribution in [2.75, 3.05) is 20.0 Å². The van der Waals surface area contributed by atoms with Gasteiger partial charge in [0, 0.05) is 24.3 Å². The molecule has 100 valence electrons. The van der Waals surface area contributed by atoms with Gasteiger partial charge in [0.2, 0.25) is 0 Å². The SMILES string of the molecule is COC[C@@]1(N)[C@@H](c2ccc(Cl)cc2)[C@@H]1S(C)(=O)=O. The minimum Gasteiger partial charge on any atom is -0.383 e. The van der Waals surface area contributed by atoms with Crippen LogP contribution in [0, 0.1) is 0 Å². The Morgan fingerprint density at radius 2 is 1.94 bits per heavy atom. The van der Waals surface area contributed by atoms with Crippen LogP contribution in [0.25, 0.3) is 0 Å². The van der Waals surface area contributed by atoms with Gasteiger partial charge in [-0.2, -0.15) is 0 Å². The normalized spacial score (nSPS) is 31.3. The second kappa shape index (κ2) is 4.49. The summed E-state index contributed by atoms with van der Waals surface area (Å²) in [6, 6.07) is 7.11. The number of benzene rings is 1. The van der Waals surface area contributed by atoms with Crippen LogP contribution >= 0.6 is 11.6 Å². The fourth-order valence-corrected chi connectivity index (χ4v) is 4.61. The third-order valence-electron chi connectivity index (χ3n) is 3.39. The third kappa shape index (κ3) is 2.28. The summed E-state index contributed by atoms with van der Waals surface area (Å²) < 4.78 is 28.6. The molecular weight excluding hydrogens is 274 g/mol. The molecule has 3 atom stereocenters. The molecule has 0 bridgehead atoms. The molecule has 4 nitrogen and oxygen atoms in total. The Bertz CT molecular complexity index is 543. The molecule has 0 aromatic heterocycles. The summed E-state index contributed by atoms with van der Waals surface area (Å²) in [6.07, 6.45) is 1.21. The smallest absolute Gasteiger partial charge is 0.152 e. The van der Waals surface area contributed by atoms with Crippen molar-refractivity contribution in [1.29, 1.82) is 0 Å². The highest BCUT2D eigenvalue weighted by Crippen LogP contribution is 2.54. The van der Waals surface area contributed by atoms with Crippen LogP contribution < -0.4 is 5.73 Å². The highest BCUT2D eigenvalue weighted by atomic mass is 35.5. The fourth-order valence-electron chi connectivity index (χ4n) is 2.65. The van der Waals surface area contributed by atoms with Gasteiger partial charge >= 0.3 is 0 Å². The number of hydrogen-bond donors (Lipinski definition) is 1. The first-order chi connectivity index (χ1) is 8.30. The first kappa shape index (κ1) is 13.8. The number of rotatable bonds is 4. The van der Waals surface area contributed by atoms with Crippen molar-refractivity contribution in [2.24, 2.45) is 5.73 Å². The van der Waals surface area contributed by atoms with Gasteiger partial charge in [-0.3, -0.25) is 0 Å². The van der Waals surface area contributed by atoms with Gasteiger partial charge in [0.1, 0.15) is 0 Å². The van der Waals surface area contributed by atoms with Gasteiger partial charge in [-0.1, -0.05) is 23.7 Å². The number of methoxy groups -OCH3 is 1. The predicted molar refractivity (Wildman–Crippen MR) is 71.6 cm³/mol. The molecule has 1 aliphatic rings. The van der Waals surface area contributed by atoms with Crippen molar-refractivity contribution >= 4 is 21.4 Å². The van der Waals surface area contributed by atoms with Crippen LogP contribution in [0.5, 0.6) is 0 Å². The Kier molecular flexibility index (Phi) is 3.44. The molecule has 0 amide bonds. The van der Waals surface area contributed by atoms with Gasteiger partial charge in [0.05, 0.1) is 17.4 Å². The van der Waals surface area contributed by atoms with E-state index in [1.165, 1.54) is 13.4 Å². The Labute approximate surface area is 112 Å². The maximum Gasteiger partial charge on any atom is 0.152 e. The highest BCUT2D eigenvalue weighted by Gasteiger charge is 2.67. The quantitative estimate of drug-likeness (QED) is 0.904. The van der Waals surface area contributed by atoms with E-state index in [-0.39, 0.29) is 12.5 Å². The van der Waals surface area contributed by atoms with Crippen LogP contribution in [-0.2, 0) is 14.6 Å². The molecule has 1 aromatic carbocycles. The molecule has 1 aliphatic carbocycles. The Hall–Kier alpha value is -0.620. The molecule has 2 rings (SSSR count). The number of halogens is 1. The van der Waals surface area contributed by atoms with E-state index in [1.807, 2.05) is 12.1 Å². The van der Waals surface area contributed by atoms with Gasteiger partial charge in [-0.15, -0.1) is 0 Å². The lowest BCUT2D eigenvalue weighted by atomic mass is 10.1. The molecule has 1 saturated carbocycles. The van der Waals surface area contributed by atoms with Crippen LogP contribution in [0.1, 0.15) is 11.5 Å². The van der Waals surface area contributed by atoms with Crippen LogP contribution in [0.2, 0.25) is 5.02 Å². The van der Waals surface area contributed by atoms with E-state index in [1.54, 1.807) is 12.1 Å². The zero-order valence-corrected chi connectivity index (χ0v) is 11.8. The van der Waals surface area contributed by atoms with Crippen molar-refractivity contribution in [1.82, 2.24) is 0 Å². The fraction of sp³-hybridized carbons (Fsp3) is 0.500. The molecule has 0 unspecified atom stereocenters. The van der Waals surface area contributed by atoms with Crippen molar-refractivity contribution in [2.45, 2.75) is 16.7 Å². The van der Waals surface area contributed by atoms with Crippen LogP contribution in [0.15, 0.2) is 24.3 Å². The van der Waals surface area contributed by atoms with E-state index in [0.29, 0.717) is 5.02 Å². The molecule has 0 radical (unpaired) electrons. The molecule has 0 saturated heterocycles. The van der Waals surface area contributed by atoms with E-state index in [9.17, 15) is 8.42 Å². The molecule has 2 N–H and O–H groups in total. The summed E-state index contributed by atoms with van der Waals surface area (Å²) in [5.41, 5.74) is 6.21. The summed E-state index contributed by atoms with van der Waals surface area (Å²) in [6.45, 7) is 0.220. The lowest BCUT2D eigenvalue weighted by Crippen LogP contribution is -2.35. The standard InChI is InChI=1S/C12H16ClNO3S/c1-17-7-12(14)10(11(12)18(2,15)16)8-3-5-9(13)6-4-8/h3-6,10-11H,7,14H2,1-2H3/t10-,11-,12+/m0/s1.